The summed E-state index contributed by atoms with van der Waals surface area (Å²) >= 11 is 1.67. The third-order valence-electron chi connectivity index (χ3n) is 5.92. The van der Waals surface area contributed by atoms with Gasteiger partial charge in [0.1, 0.15) is 0 Å². The van der Waals surface area contributed by atoms with Crippen molar-refractivity contribution in [1.29, 1.82) is 0 Å². The minimum atomic E-state index is 0.935. The van der Waals surface area contributed by atoms with Crippen LogP contribution in [0.2, 0.25) is 0 Å². The molecule has 1 aromatic carbocycles. The molecule has 0 amide bonds. The van der Waals surface area contributed by atoms with Crippen LogP contribution in [-0.4, -0.2) is 71.3 Å². The number of hydrogen-bond donors (Lipinski definition) is 1. The Morgan fingerprint density at radius 1 is 1.17 bits per heavy atom. The third kappa shape index (κ3) is 4.68. The topological polar surface area (TPSA) is 51.3 Å². The van der Waals surface area contributed by atoms with Crippen molar-refractivity contribution in [3.63, 3.8) is 0 Å². The fraction of sp³-hybridized carbons (Fsp3) is 0.478. The number of benzene rings is 1. The van der Waals surface area contributed by atoms with Crippen molar-refractivity contribution in [1.82, 2.24) is 25.0 Å². The molecule has 1 aliphatic heterocycles. The van der Waals surface area contributed by atoms with Crippen LogP contribution in [0.4, 0.5) is 5.13 Å². The maximum atomic E-state index is 4.50. The molecule has 1 aliphatic rings. The highest BCUT2D eigenvalue weighted by molar-refractivity contribution is 7.16. The number of likely N-dealkylation sites (N-methyl/N-ethyl adjacent to an activating group) is 1. The molecule has 0 saturated carbocycles. The normalized spacial score (nSPS) is 15.1. The molecular weight excluding hydrogens is 392 g/mol. The number of H-pyrrole nitrogens is 1. The van der Waals surface area contributed by atoms with E-state index in [1.165, 1.54) is 22.9 Å². The van der Waals surface area contributed by atoms with Crippen molar-refractivity contribution in [2.24, 2.45) is 0 Å². The average molecular weight is 425 g/mol. The monoisotopic (exact) mass is 424 g/mol. The first kappa shape index (κ1) is 20.9. The number of nitrogens with zero attached hydrogens (tertiary/aromatic N) is 5. The number of piperazine rings is 1. The van der Waals surface area contributed by atoms with Gasteiger partial charge in [0.2, 0.25) is 5.13 Å². The largest absolute Gasteiger partial charge is 0.369 e. The fourth-order valence-corrected chi connectivity index (χ4v) is 4.81. The first-order valence-electron chi connectivity index (χ1n) is 10.9. The van der Waals surface area contributed by atoms with Crippen molar-refractivity contribution in [3.05, 3.63) is 47.6 Å². The molecule has 0 spiro atoms. The van der Waals surface area contributed by atoms with Crippen molar-refractivity contribution < 1.29 is 0 Å². The second kappa shape index (κ2) is 9.62. The minimum absolute atomic E-state index is 0.935. The van der Waals surface area contributed by atoms with Crippen molar-refractivity contribution in [3.8, 4) is 0 Å². The van der Waals surface area contributed by atoms with Crippen LogP contribution in [0.1, 0.15) is 30.3 Å². The molecule has 1 saturated heterocycles. The lowest BCUT2D eigenvalue weighted by molar-refractivity contribution is 0.312. The van der Waals surface area contributed by atoms with E-state index >= 15 is 0 Å². The van der Waals surface area contributed by atoms with Gasteiger partial charge in [-0.25, -0.2) is 0 Å². The van der Waals surface area contributed by atoms with Crippen molar-refractivity contribution in [2.45, 2.75) is 26.2 Å². The molecular formula is C23H32N6S. The summed E-state index contributed by atoms with van der Waals surface area (Å²) in [7, 11) is 2.17. The van der Waals surface area contributed by atoms with Gasteiger partial charge in [0.15, 0.2) is 5.01 Å². The zero-order valence-corrected chi connectivity index (χ0v) is 18.9. The Bertz CT molecular complexity index is 969. The van der Waals surface area contributed by atoms with E-state index in [0.717, 1.165) is 67.9 Å². The molecule has 4 rings (SSSR count). The highest BCUT2D eigenvalue weighted by Crippen LogP contribution is 2.28. The molecule has 1 fully saturated rings. The number of anilines is 1. The van der Waals surface area contributed by atoms with Gasteiger partial charge in [-0.1, -0.05) is 49.5 Å². The van der Waals surface area contributed by atoms with Gasteiger partial charge >= 0.3 is 0 Å². The summed E-state index contributed by atoms with van der Waals surface area (Å²) in [6, 6.07) is 8.51. The summed E-state index contributed by atoms with van der Waals surface area (Å²) in [6.45, 7) is 12.7. The van der Waals surface area contributed by atoms with E-state index in [1.807, 2.05) is 0 Å². The number of para-hydroxylation sites is 1. The molecule has 0 unspecified atom stereocenters. The number of fused-ring (bicyclic) bond motifs is 1. The molecule has 3 heterocycles. The van der Waals surface area contributed by atoms with Gasteiger partial charge in [-0.3, -0.25) is 0 Å². The number of nitrogens with one attached hydrogen (secondary N) is 1. The van der Waals surface area contributed by atoms with Gasteiger partial charge in [-0.2, -0.15) is 0 Å². The third-order valence-corrected chi connectivity index (χ3v) is 6.96. The zero-order chi connectivity index (χ0) is 20.9. The predicted molar refractivity (Wildman–Crippen MR) is 127 cm³/mol. The van der Waals surface area contributed by atoms with E-state index in [0.29, 0.717) is 0 Å². The molecule has 0 aliphatic carbocycles. The number of hydrogen-bond acceptors (Lipinski definition) is 6. The fourth-order valence-electron chi connectivity index (χ4n) is 3.92. The molecule has 1 N–H and O–H groups in total. The van der Waals surface area contributed by atoms with E-state index in [-0.39, 0.29) is 0 Å². The van der Waals surface area contributed by atoms with Crippen LogP contribution in [0.3, 0.4) is 0 Å². The van der Waals surface area contributed by atoms with Crippen molar-refractivity contribution in [2.75, 3.05) is 51.2 Å². The minimum Gasteiger partial charge on any atom is -0.369 e. The molecule has 7 heteroatoms. The van der Waals surface area contributed by atoms with E-state index in [1.54, 1.807) is 11.3 Å². The van der Waals surface area contributed by atoms with Crippen LogP contribution in [0.15, 0.2) is 37.0 Å². The number of rotatable bonds is 9. The summed E-state index contributed by atoms with van der Waals surface area (Å²) in [5.41, 5.74) is 3.56. The average Bonchev–Trinajstić information content (AvgIpc) is 3.42. The maximum absolute atomic E-state index is 4.50. The van der Waals surface area contributed by atoms with Crippen LogP contribution >= 0.6 is 11.3 Å². The molecule has 0 atom stereocenters. The summed E-state index contributed by atoms with van der Waals surface area (Å²) in [5, 5.41) is 12.3. The first-order valence-corrected chi connectivity index (χ1v) is 11.7. The van der Waals surface area contributed by atoms with Gasteiger partial charge in [-0.05, 0) is 31.5 Å². The molecule has 160 valence electrons. The Hall–Kier alpha value is -2.38. The van der Waals surface area contributed by atoms with E-state index in [9.17, 15) is 0 Å². The quantitative estimate of drug-likeness (QED) is 0.561. The summed E-state index contributed by atoms with van der Waals surface area (Å²) in [4.78, 5) is 10.5. The highest BCUT2D eigenvalue weighted by Gasteiger charge is 2.20. The van der Waals surface area contributed by atoms with E-state index in [4.69, 9.17) is 0 Å². The summed E-state index contributed by atoms with van der Waals surface area (Å²) in [6.07, 6.45) is 5.44. The van der Waals surface area contributed by atoms with E-state index < -0.39 is 0 Å². The van der Waals surface area contributed by atoms with Crippen LogP contribution in [0, 0.1) is 0 Å². The Morgan fingerprint density at radius 3 is 2.77 bits per heavy atom. The molecule has 0 bridgehead atoms. The first-order chi connectivity index (χ1) is 14.7. The van der Waals surface area contributed by atoms with E-state index in [2.05, 4.69) is 80.9 Å². The number of aromatic nitrogens is 3. The summed E-state index contributed by atoms with van der Waals surface area (Å²) < 4.78 is 0. The SMILES string of the molecule is C=C(c1nnc(N2CCN(C)CC2)s1)N(CCCC)CCc1c[nH]c2ccccc12. The van der Waals surface area contributed by atoms with Gasteiger partial charge in [0, 0.05) is 56.4 Å². The van der Waals surface area contributed by atoms with Crippen molar-refractivity contribution >= 4 is 33.1 Å². The highest BCUT2D eigenvalue weighted by atomic mass is 32.1. The van der Waals surface area contributed by atoms with Gasteiger partial charge < -0.3 is 19.7 Å². The van der Waals surface area contributed by atoms with Gasteiger partial charge in [0.25, 0.3) is 0 Å². The second-order valence-electron chi connectivity index (χ2n) is 8.08. The summed E-state index contributed by atoms with van der Waals surface area (Å²) in [5.74, 6) is 0. The number of unbranched alkanes of at least 4 members (excludes halogenated alkanes) is 1. The molecule has 0 radical (unpaired) electrons. The standard InChI is InChI=1S/C23H32N6S/c1-4-5-11-28(12-10-19-17-24-21-9-7-6-8-20(19)21)18(2)22-25-26-23(30-22)29-15-13-27(3)14-16-29/h6-9,17,24H,2,4-5,10-16H2,1,3H3. The second-order valence-corrected chi connectivity index (χ2v) is 9.03. The zero-order valence-electron chi connectivity index (χ0n) is 18.1. The molecule has 6 nitrogen and oxygen atoms in total. The Labute approximate surface area is 183 Å². The predicted octanol–water partition coefficient (Wildman–Crippen LogP) is 4.09. The van der Waals surface area contributed by atoms with Crippen LogP contribution in [0.25, 0.3) is 16.6 Å². The van der Waals surface area contributed by atoms with Gasteiger partial charge in [-0.15, -0.1) is 10.2 Å². The maximum Gasteiger partial charge on any atom is 0.208 e. The van der Waals surface area contributed by atoms with Crippen LogP contribution in [0.5, 0.6) is 0 Å². The van der Waals surface area contributed by atoms with Crippen LogP contribution < -0.4 is 4.90 Å². The lowest BCUT2D eigenvalue weighted by Gasteiger charge is -2.31. The van der Waals surface area contributed by atoms with Gasteiger partial charge in [0.05, 0.1) is 5.70 Å². The Morgan fingerprint density at radius 2 is 1.97 bits per heavy atom. The Kier molecular flexibility index (Phi) is 6.69. The molecule has 2 aromatic heterocycles. The molecule has 3 aromatic rings. The molecule has 30 heavy (non-hydrogen) atoms. The lowest BCUT2D eigenvalue weighted by atomic mass is 10.1. The van der Waals surface area contributed by atoms with Crippen LogP contribution in [-0.2, 0) is 6.42 Å². The number of aromatic amines is 1. The lowest BCUT2D eigenvalue weighted by Crippen LogP contribution is -2.44. The smallest absolute Gasteiger partial charge is 0.208 e. The Balaban J connectivity index is 1.44.